The fourth-order valence-corrected chi connectivity index (χ4v) is 3.48. The molecule has 4 heterocycles. The Balaban J connectivity index is 1.67. The maximum atomic E-state index is 12.1. The van der Waals surface area contributed by atoms with Crippen molar-refractivity contribution in [3.8, 4) is 22.6 Å². The van der Waals surface area contributed by atoms with E-state index < -0.39 is 0 Å². The molecule has 0 radical (unpaired) electrons. The largest absolute Gasteiger partial charge is 0.355 e. The number of H-pyrrole nitrogens is 2. The van der Waals surface area contributed by atoms with Crippen LogP contribution in [0, 0.1) is 6.92 Å². The number of para-hydroxylation sites is 2. The van der Waals surface area contributed by atoms with Crippen LogP contribution in [0.1, 0.15) is 15.9 Å². The molecule has 0 spiro atoms. The van der Waals surface area contributed by atoms with Crippen molar-refractivity contribution in [3.05, 3.63) is 60.0 Å². The number of imidazole rings is 1. The van der Waals surface area contributed by atoms with Gasteiger partial charge in [0.1, 0.15) is 5.69 Å². The number of nitrogens with zero attached hydrogens (tertiary/aromatic N) is 4. The topological polar surface area (TPSA) is 112 Å². The zero-order valence-corrected chi connectivity index (χ0v) is 15.8. The first-order chi connectivity index (χ1) is 14.2. The number of aromatic nitrogens is 6. The standard InChI is InChI=1S/C21H17N7O/c1-11-14(9-23-10-15(11)21(29)22-2)12-7-13-18(27-28-19(13)24-8-12)20-25-16-5-3-4-6-17(16)26-20/h3-10H,1-2H3,(H,22,29)(H,25,26)(H,24,27,28). The Labute approximate surface area is 165 Å². The Hall–Kier alpha value is -4.07. The Kier molecular flexibility index (Phi) is 3.83. The summed E-state index contributed by atoms with van der Waals surface area (Å²) in [4.78, 5) is 28.8. The zero-order valence-electron chi connectivity index (χ0n) is 15.8. The number of rotatable bonds is 3. The molecule has 0 saturated heterocycles. The average molecular weight is 383 g/mol. The first-order valence-corrected chi connectivity index (χ1v) is 9.12. The summed E-state index contributed by atoms with van der Waals surface area (Å²) in [5.74, 6) is 0.527. The highest BCUT2D eigenvalue weighted by atomic mass is 16.1. The van der Waals surface area contributed by atoms with Crippen LogP contribution in [0.25, 0.3) is 44.7 Å². The minimum atomic E-state index is -0.169. The molecule has 0 unspecified atom stereocenters. The second-order valence-corrected chi connectivity index (χ2v) is 6.74. The van der Waals surface area contributed by atoms with E-state index in [-0.39, 0.29) is 5.91 Å². The van der Waals surface area contributed by atoms with Gasteiger partial charge in [-0.25, -0.2) is 9.97 Å². The molecular formula is C21H17N7O. The molecule has 1 aromatic carbocycles. The normalized spacial score (nSPS) is 11.2. The van der Waals surface area contributed by atoms with E-state index in [4.69, 9.17) is 0 Å². The first-order valence-electron chi connectivity index (χ1n) is 9.12. The number of fused-ring (bicyclic) bond motifs is 2. The molecule has 1 amide bonds. The second-order valence-electron chi connectivity index (χ2n) is 6.74. The van der Waals surface area contributed by atoms with Crippen LogP contribution in [0.2, 0.25) is 0 Å². The fourth-order valence-electron chi connectivity index (χ4n) is 3.48. The minimum absolute atomic E-state index is 0.169. The SMILES string of the molecule is CNC(=O)c1cncc(-c2cnc3n[nH]c(-c4nc5ccccc5[nH]4)c3c2)c1C. The minimum Gasteiger partial charge on any atom is -0.355 e. The lowest BCUT2D eigenvalue weighted by Crippen LogP contribution is -2.19. The lowest BCUT2D eigenvalue weighted by molar-refractivity contribution is 0.0962. The van der Waals surface area contributed by atoms with Crippen LogP contribution in [0.15, 0.2) is 48.9 Å². The lowest BCUT2D eigenvalue weighted by atomic mass is 9.99. The molecule has 5 rings (SSSR count). The molecule has 29 heavy (non-hydrogen) atoms. The van der Waals surface area contributed by atoms with Gasteiger partial charge in [-0.3, -0.25) is 14.9 Å². The van der Waals surface area contributed by atoms with Gasteiger partial charge in [0, 0.05) is 36.8 Å². The molecule has 0 aliphatic carbocycles. The van der Waals surface area contributed by atoms with Gasteiger partial charge < -0.3 is 10.3 Å². The second kappa shape index (κ2) is 6.52. The molecule has 8 heteroatoms. The predicted octanol–water partition coefficient (Wildman–Crippen LogP) is 3.23. The molecule has 0 aliphatic heterocycles. The van der Waals surface area contributed by atoms with Crippen molar-refractivity contribution in [2.45, 2.75) is 6.92 Å². The van der Waals surface area contributed by atoms with E-state index in [0.29, 0.717) is 17.0 Å². The first kappa shape index (κ1) is 17.1. The van der Waals surface area contributed by atoms with Gasteiger partial charge in [0.2, 0.25) is 0 Å². The fraction of sp³-hybridized carbons (Fsp3) is 0.0952. The third-order valence-corrected chi connectivity index (χ3v) is 5.03. The van der Waals surface area contributed by atoms with Gasteiger partial charge in [-0.2, -0.15) is 5.10 Å². The number of amides is 1. The van der Waals surface area contributed by atoms with Gasteiger partial charge in [0.15, 0.2) is 11.5 Å². The van der Waals surface area contributed by atoms with Gasteiger partial charge in [0.05, 0.1) is 22.0 Å². The van der Waals surface area contributed by atoms with Crippen LogP contribution in [0.5, 0.6) is 0 Å². The third-order valence-electron chi connectivity index (χ3n) is 5.03. The Bertz CT molecular complexity index is 1350. The lowest BCUT2D eigenvalue weighted by Gasteiger charge is -2.09. The molecule has 142 valence electrons. The molecule has 4 aromatic heterocycles. The Morgan fingerprint density at radius 2 is 2.00 bits per heavy atom. The van der Waals surface area contributed by atoms with Gasteiger partial charge in [-0.15, -0.1) is 0 Å². The summed E-state index contributed by atoms with van der Waals surface area (Å²) in [6, 6.07) is 9.84. The Morgan fingerprint density at radius 3 is 2.83 bits per heavy atom. The number of benzene rings is 1. The highest BCUT2D eigenvalue weighted by Crippen LogP contribution is 2.30. The molecule has 0 saturated carbocycles. The van der Waals surface area contributed by atoms with Gasteiger partial charge in [-0.1, -0.05) is 12.1 Å². The third kappa shape index (κ3) is 2.73. The van der Waals surface area contributed by atoms with Crippen molar-refractivity contribution >= 4 is 28.0 Å². The van der Waals surface area contributed by atoms with Crippen molar-refractivity contribution in [1.29, 1.82) is 0 Å². The molecule has 0 atom stereocenters. The molecule has 0 bridgehead atoms. The Morgan fingerprint density at radius 1 is 1.14 bits per heavy atom. The van der Waals surface area contributed by atoms with E-state index in [9.17, 15) is 4.79 Å². The van der Waals surface area contributed by atoms with Gasteiger partial charge >= 0.3 is 0 Å². The van der Waals surface area contributed by atoms with E-state index in [0.717, 1.165) is 38.8 Å². The molecule has 0 fully saturated rings. The van der Waals surface area contributed by atoms with E-state index in [1.165, 1.54) is 0 Å². The van der Waals surface area contributed by atoms with Crippen LogP contribution >= 0.6 is 0 Å². The monoisotopic (exact) mass is 383 g/mol. The summed E-state index contributed by atoms with van der Waals surface area (Å²) < 4.78 is 0. The smallest absolute Gasteiger partial charge is 0.252 e. The quantitative estimate of drug-likeness (QED) is 0.443. The maximum Gasteiger partial charge on any atom is 0.252 e. The zero-order chi connectivity index (χ0) is 20.0. The summed E-state index contributed by atoms with van der Waals surface area (Å²) in [5.41, 5.74) is 6.27. The van der Waals surface area contributed by atoms with Gasteiger partial charge in [0.25, 0.3) is 5.91 Å². The van der Waals surface area contributed by atoms with Crippen LogP contribution in [-0.4, -0.2) is 43.1 Å². The average Bonchev–Trinajstić information content (AvgIpc) is 3.36. The van der Waals surface area contributed by atoms with E-state index in [2.05, 4.69) is 35.5 Å². The maximum absolute atomic E-state index is 12.1. The number of hydrogen-bond acceptors (Lipinski definition) is 5. The summed E-state index contributed by atoms with van der Waals surface area (Å²) >= 11 is 0. The van der Waals surface area contributed by atoms with Crippen LogP contribution < -0.4 is 5.32 Å². The van der Waals surface area contributed by atoms with Gasteiger partial charge in [-0.05, 0) is 30.7 Å². The van der Waals surface area contributed by atoms with Crippen molar-refractivity contribution in [3.63, 3.8) is 0 Å². The summed E-state index contributed by atoms with van der Waals surface area (Å²) in [7, 11) is 1.60. The van der Waals surface area contributed by atoms with Crippen LogP contribution in [0.4, 0.5) is 0 Å². The highest BCUT2D eigenvalue weighted by molar-refractivity contribution is 5.98. The number of nitrogens with one attached hydrogen (secondary N) is 3. The van der Waals surface area contributed by atoms with Crippen molar-refractivity contribution in [1.82, 2.24) is 35.5 Å². The molecule has 3 N–H and O–H groups in total. The number of pyridine rings is 2. The van der Waals surface area contributed by atoms with Crippen molar-refractivity contribution in [2.75, 3.05) is 7.05 Å². The van der Waals surface area contributed by atoms with E-state index >= 15 is 0 Å². The number of carbonyl (C=O) groups is 1. The predicted molar refractivity (Wildman–Crippen MR) is 110 cm³/mol. The molecular weight excluding hydrogens is 366 g/mol. The van der Waals surface area contributed by atoms with E-state index in [1.807, 2.05) is 37.3 Å². The highest BCUT2D eigenvalue weighted by Gasteiger charge is 2.16. The number of hydrogen-bond donors (Lipinski definition) is 3. The van der Waals surface area contributed by atoms with Crippen molar-refractivity contribution < 1.29 is 4.79 Å². The van der Waals surface area contributed by atoms with Crippen molar-refractivity contribution in [2.24, 2.45) is 0 Å². The molecule has 5 aromatic rings. The summed E-state index contributed by atoms with van der Waals surface area (Å²) in [5, 5.41) is 10.8. The summed E-state index contributed by atoms with van der Waals surface area (Å²) in [6.07, 6.45) is 5.05. The molecule has 8 nitrogen and oxygen atoms in total. The summed E-state index contributed by atoms with van der Waals surface area (Å²) in [6.45, 7) is 1.90. The van der Waals surface area contributed by atoms with E-state index in [1.54, 1.807) is 25.6 Å². The van der Waals surface area contributed by atoms with Crippen LogP contribution in [-0.2, 0) is 0 Å². The van der Waals surface area contributed by atoms with Crippen LogP contribution in [0.3, 0.4) is 0 Å². The number of aromatic amines is 2. The molecule has 0 aliphatic rings. The number of carbonyl (C=O) groups excluding carboxylic acids is 1.